The van der Waals surface area contributed by atoms with E-state index in [0.29, 0.717) is 0 Å². The largest absolute Gasteiger partial charge is 0.0622 e. The minimum Gasteiger partial charge on any atom is -0.0622 e. The molecule has 0 spiro atoms. The van der Waals surface area contributed by atoms with Crippen molar-refractivity contribution < 1.29 is 26.2 Å². The van der Waals surface area contributed by atoms with Gasteiger partial charge in [0.05, 0.1) is 0 Å². The first-order valence-electron chi connectivity index (χ1n) is 7.76. The van der Waals surface area contributed by atoms with Gasteiger partial charge in [-0.1, -0.05) is 78.4 Å². The van der Waals surface area contributed by atoms with Crippen molar-refractivity contribution in [1.82, 2.24) is 0 Å². The summed E-state index contributed by atoms with van der Waals surface area (Å²) in [5.41, 5.74) is 9.49. The Morgan fingerprint density at radius 1 is 0.696 bits per heavy atom. The van der Waals surface area contributed by atoms with Crippen LogP contribution in [0.25, 0.3) is 22.8 Å². The van der Waals surface area contributed by atoms with Crippen molar-refractivity contribution in [3.63, 3.8) is 0 Å². The molecule has 0 bridgehead atoms. The van der Waals surface area contributed by atoms with Gasteiger partial charge in [0.2, 0.25) is 0 Å². The summed E-state index contributed by atoms with van der Waals surface area (Å²) in [6.07, 6.45) is 3.39. The van der Waals surface area contributed by atoms with Crippen LogP contribution in [0.2, 0.25) is 0 Å². The molecule has 0 radical (unpaired) electrons. The Bertz CT molecular complexity index is 843. The molecule has 0 nitrogen and oxygen atoms in total. The molecule has 0 unspecified atom stereocenters. The van der Waals surface area contributed by atoms with Crippen LogP contribution in [-0.2, 0) is 32.6 Å². The van der Waals surface area contributed by atoms with Gasteiger partial charge < -0.3 is 0 Å². The van der Waals surface area contributed by atoms with Gasteiger partial charge in [0.25, 0.3) is 0 Å². The van der Waals surface area contributed by atoms with Crippen molar-refractivity contribution in [2.75, 3.05) is 0 Å². The molecule has 0 amide bonds. The molecule has 23 heavy (non-hydrogen) atoms. The molecule has 0 saturated heterocycles. The molecule has 0 aliphatic heterocycles. The summed E-state index contributed by atoms with van der Waals surface area (Å²) < 4.78 is 0. The first kappa shape index (κ1) is 16.2. The van der Waals surface area contributed by atoms with Crippen molar-refractivity contribution in [3.05, 3.63) is 95.1 Å². The molecule has 0 saturated carbocycles. The molecule has 4 rings (SSSR count). The minimum absolute atomic E-state index is 0. The summed E-state index contributed by atoms with van der Waals surface area (Å²) in [7, 11) is 0. The van der Waals surface area contributed by atoms with E-state index in [1.165, 1.54) is 39.0 Å². The molecule has 0 aromatic heterocycles. The number of benzene rings is 3. The molecular formula is C22H18Zr. The average molecular weight is 374 g/mol. The first-order chi connectivity index (χ1) is 10.8. The van der Waals surface area contributed by atoms with E-state index in [-0.39, 0.29) is 26.2 Å². The second-order valence-corrected chi connectivity index (χ2v) is 5.96. The molecule has 0 N–H and O–H groups in total. The van der Waals surface area contributed by atoms with Crippen LogP contribution in [0.4, 0.5) is 0 Å². The standard InChI is InChI=1S/C22H18.Zr/c1-16-10-12-18(13-11-16)21-9-5-8-19-14-20(15-22(19)21)17-6-3-2-4-7-17;/h2-13,15H,14H2,1H3;. The van der Waals surface area contributed by atoms with Crippen molar-refractivity contribution in [2.24, 2.45) is 0 Å². The Balaban J connectivity index is 0.00000156. The summed E-state index contributed by atoms with van der Waals surface area (Å²) >= 11 is 0. The van der Waals surface area contributed by atoms with Gasteiger partial charge in [0.1, 0.15) is 0 Å². The van der Waals surface area contributed by atoms with E-state index in [4.69, 9.17) is 0 Å². The second kappa shape index (κ2) is 6.81. The number of hydrogen-bond donors (Lipinski definition) is 0. The predicted octanol–water partition coefficient (Wildman–Crippen LogP) is 5.76. The number of aryl methyl sites for hydroxylation is 1. The molecule has 0 fully saturated rings. The zero-order valence-corrected chi connectivity index (χ0v) is 15.7. The van der Waals surface area contributed by atoms with Crippen LogP contribution >= 0.6 is 0 Å². The Kier molecular flexibility index (Phi) is 4.78. The molecule has 1 aliphatic rings. The third-order valence-electron chi connectivity index (χ3n) is 4.40. The van der Waals surface area contributed by atoms with Crippen molar-refractivity contribution >= 4 is 11.6 Å². The van der Waals surface area contributed by atoms with Gasteiger partial charge in [-0.25, -0.2) is 0 Å². The Labute approximate surface area is 157 Å². The first-order valence-corrected chi connectivity index (χ1v) is 7.76. The average Bonchev–Trinajstić information content (AvgIpc) is 3.01. The zero-order valence-electron chi connectivity index (χ0n) is 13.2. The fraction of sp³-hybridized carbons (Fsp3) is 0.0909. The summed E-state index contributed by atoms with van der Waals surface area (Å²) in [5, 5.41) is 0. The van der Waals surface area contributed by atoms with Gasteiger partial charge in [-0.2, -0.15) is 0 Å². The maximum atomic E-state index is 2.36. The van der Waals surface area contributed by atoms with Crippen LogP contribution in [0.15, 0.2) is 72.8 Å². The van der Waals surface area contributed by atoms with Crippen LogP contribution in [0.3, 0.4) is 0 Å². The van der Waals surface area contributed by atoms with Gasteiger partial charge in [-0.15, -0.1) is 0 Å². The molecule has 3 aromatic rings. The fourth-order valence-corrected chi connectivity index (χ4v) is 3.19. The number of allylic oxidation sites excluding steroid dienone is 1. The topological polar surface area (TPSA) is 0 Å². The van der Waals surface area contributed by atoms with E-state index >= 15 is 0 Å². The van der Waals surface area contributed by atoms with Crippen LogP contribution < -0.4 is 0 Å². The maximum Gasteiger partial charge on any atom is 0 e. The zero-order chi connectivity index (χ0) is 14.9. The van der Waals surface area contributed by atoms with E-state index < -0.39 is 0 Å². The van der Waals surface area contributed by atoms with Crippen molar-refractivity contribution in [1.29, 1.82) is 0 Å². The minimum atomic E-state index is 0. The van der Waals surface area contributed by atoms with Gasteiger partial charge in [0, 0.05) is 26.2 Å². The third kappa shape index (κ3) is 3.17. The van der Waals surface area contributed by atoms with E-state index in [9.17, 15) is 0 Å². The van der Waals surface area contributed by atoms with E-state index in [1.807, 2.05) is 0 Å². The van der Waals surface area contributed by atoms with Crippen LogP contribution in [0, 0.1) is 6.92 Å². The SMILES string of the molecule is Cc1ccc(-c2cccc3c2C=C(c2ccccc2)C3)cc1.[Zr]. The normalized spacial score (nSPS) is 12.3. The monoisotopic (exact) mass is 372 g/mol. The molecule has 1 aliphatic carbocycles. The van der Waals surface area contributed by atoms with Crippen molar-refractivity contribution in [2.45, 2.75) is 13.3 Å². The Hall–Kier alpha value is -1.72. The van der Waals surface area contributed by atoms with E-state index in [2.05, 4.69) is 85.8 Å². The summed E-state index contributed by atoms with van der Waals surface area (Å²) in [5.74, 6) is 0. The second-order valence-electron chi connectivity index (χ2n) is 5.96. The van der Waals surface area contributed by atoms with Gasteiger partial charge in [0.15, 0.2) is 0 Å². The Morgan fingerprint density at radius 2 is 1.43 bits per heavy atom. The van der Waals surface area contributed by atoms with Crippen LogP contribution in [-0.4, -0.2) is 0 Å². The van der Waals surface area contributed by atoms with Gasteiger partial charge >= 0.3 is 0 Å². The van der Waals surface area contributed by atoms with E-state index in [1.54, 1.807) is 0 Å². The van der Waals surface area contributed by atoms with Crippen LogP contribution in [0.1, 0.15) is 22.3 Å². The number of fused-ring (bicyclic) bond motifs is 1. The number of rotatable bonds is 2. The van der Waals surface area contributed by atoms with Crippen molar-refractivity contribution in [3.8, 4) is 11.1 Å². The summed E-state index contributed by atoms with van der Waals surface area (Å²) in [4.78, 5) is 0. The molecule has 110 valence electrons. The van der Waals surface area contributed by atoms with Crippen LogP contribution in [0.5, 0.6) is 0 Å². The molecular weight excluding hydrogens is 355 g/mol. The molecule has 0 heterocycles. The Morgan fingerprint density at radius 3 is 2.17 bits per heavy atom. The third-order valence-corrected chi connectivity index (χ3v) is 4.40. The maximum absolute atomic E-state index is 2.36. The van der Waals surface area contributed by atoms with E-state index in [0.717, 1.165) is 6.42 Å². The number of hydrogen-bond acceptors (Lipinski definition) is 0. The molecule has 3 aromatic carbocycles. The fourth-order valence-electron chi connectivity index (χ4n) is 3.19. The quantitative estimate of drug-likeness (QED) is 0.536. The predicted molar refractivity (Wildman–Crippen MR) is 94.6 cm³/mol. The van der Waals surface area contributed by atoms with Gasteiger partial charge in [-0.3, -0.25) is 0 Å². The summed E-state index contributed by atoms with van der Waals surface area (Å²) in [6, 6.07) is 26.2. The summed E-state index contributed by atoms with van der Waals surface area (Å²) in [6.45, 7) is 2.13. The van der Waals surface area contributed by atoms with Gasteiger partial charge in [-0.05, 0) is 52.8 Å². The molecule has 1 heteroatoms. The smallest absolute Gasteiger partial charge is 0 e. The molecule has 0 atom stereocenters.